The molecule has 1 saturated heterocycles. The highest BCUT2D eigenvalue weighted by Gasteiger charge is 2.23. The van der Waals surface area contributed by atoms with Crippen molar-refractivity contribution in [3.63, 3.8) is 0 Å². The van der Waals surface area contributed by atoms with Crippen LogP contribution >= 0.6 is 0 Å². The first kappa shape index (κ1) is 14.5. The maximum Gasteiger partial charge on any atom is 0.0541 e. The molecule has 3 nitrogen and oxygen atoms in total. The molecule has 1 aliphatic rings. The van der Waals surface area contributed by atoms with Gasteiger partial charge in [-0.05, 0) is 50.4 Å². The molecule has 0 spiro atoms. The summed E-state index contributed by atoms with van der Waals surface area (Å²) in [5.41, 5.74) is 2.36. The summed E-state index contributed by atoms with van der Waals surface area (Å²) in [5, 5.41) is 3.58. The summed E-state index contributed by atoms with van der Waals surface area (Å²) in [5.74, 6) is 0.705. The van der Waals surface area contributed by atoms with Crippen molar-refractivity contribution >= 4 is 0 Å². The van der Waals surface area contributed by atoms with Gasteiger partial charge in [0.05, 0.1) is 5.69 Å². The first-order valence-electron chi connectivity index (χ1n) is 7.53. The van der Waals surface area contributed by atoms with Crippen LogP contribution in [0.4, 0.5) is 0 Å². The molecule has 1 atom stereocenters. The van der Waals surface area contributed by atoms with Gasteiger partial charge in [-0.1, -0.05) is 19.9 Å². The van der Waals surface area contributed by atoms with Crippen molar-refractivity contribution < 1.29 is 0 Å². The van der Waals surface area contributed by atoms with E-state index in [-0.39, 0.29) is 0 Å². The maximum absolute atomic E-state index is 4.44. The highest BCUT2D eigenvalue weighted by Crippen LogP contribution is 2.17. The van der Waals surface area contributed by atoms with Gasteiger partial charge in [0.25, 0.3) is 0 Å². The Balaban J connectivity index is 1.80. The fraction of sp³-hybridized carbons (Fsp3) is 0.688. The van der Waals surface area contributed by atoms with Crippen LogP contribution in [0.3, 0.4) is 0 Å². The average molecular weight is 261 g/mol. The zero-order valence-corrected chi connectivity index (χ0v) is 12.5. The van der Waals surface area contributed by atoms with Crippen molar-refractivity contribution in [2.24, 2.45) is 5.92 Å². The van der Waals surface area contributed by atoms with E-state index in [1.165, 1.54) is 31.5 Å². The summed E-state index contributed by atoms with van der Waals surface area (Å²) in [4.78, 5) is 7.08. The maximum atomic E-state index is 4.44. The lowest BCUT2D eigenvalue weighted by atomic mass is 10.0. The molecular formula is C16H27N3. The van der Waals surface area contributed by atoms with Gasteiger partial charge in [-0.15, -0.1) is 0 Å². The van der Waals surface area contributed by atoms with E-state index in [9.17, 15) is 0 Å². The van der Waals surface area contributed by atoms with Crippen LogP contribution in [-0.2, 0) is 6.54 Å². The number of nitrogens with zero attached hydrogens (tertiary/aromatic N) is 2. The summed E-state index contributed by atoms with van der Waals surface area (Å²) >= 11 is 0. The van der Waals surface area contributed by atoms with Crippen LogP contribution in [0.25, 0.3) is 0 Å². The fourth-order valence-corrected chi connectivity index (χ4v) is 2.81. The third kappa shape index (κ3) is 4.29. The molecule has 0 bridgehead atoms. The first-order chi connectivity index (χ1) is 9.16. The van der Waals surface area contributed by atoms with Crippen LogP contribution in [0.2, 0.25) is 0 Å². The molecule has 1 aliphatic heterocycles. The predicted molar refractivity (Wildman–Crippen MR) is 80.1 cm³/mol. The van der Waals surface area contributed by atoms with E-state index in [2.05, 4.69) is 48.1 Å². The Morgan fingerprint density at radius 1 is 1.26 bits per heavy atom. The predicted octanol–water partition coefficient (Wildman–Crippen LogP) is 2.60. The SMILES string of the molecule is Cc1ccc(CNCC(C(C)C)N2CCCC2)nc1. The molecule has 1 fully saturated rings. The van der Waals surface area contributed by atoms with Crippen molar-refractivity contribution in [2.45, 2.75) is 46.2 Å². The zero-order chi connectivity index (χ0) is 13.7. The molecule has 3 heteroatoms. The lowest BCUT2D eigenvalue weighted by molar-refractivity contribution is 0.186. The van der Waals surface area contributed by atoms with Gasteiger partial charge in [-0.3, -0.25) is 9.88 Å². The number of rotatable bonds is 6. The van der Waals surface area contributed by atoms with E-state index in [4.69, 9.17) is 0 Å². The summed E-state index contributed by atoms with van der Waals surface area (Å²) in [6, 6.07) is 4.90. The number of pyridine rings is 1. The third-order valence-corrected chi connectivity index (χ3v) is 4.01. The van der Waals surface area contributed by atoms with Gasteiger partial charge in [0.2, 0.25) is 0 Å². The van der Waals surface area contributed by atoms with Crippen LogP contribution in [0.15, 0.2) is 18.3 Å². The lowest BCUT2D eigenvalue weighted by Crippen LogP contribution is -2.44. The largest absolute Gasteiger partial charge is 0.310 e. The molecule has 1 aromatic heterocycles. The van der Waals surface area contributed by atoms with E-state index in [1.807, 2.05) is 6.20 Å². The second-order valence-corrected chi connectivity index (χ2v) is 6.01. The Labute approximate surface area is 117 Å². The molecule has 0 aromatic carbocycles. The smallest absolute Gasteiger partial charge is 0.0541 e. The van der Waals surface area contributed by atoms with Gasteiger partial charge >= 0.3 is 0 Å². The summed E-state index contributed by atoms with van der Waals surface area (Å²) in [6.07, 6.45) is 4.67. The Kier molecular flexibility index (Phi) is 5.34. The second kappa shape index (κ2) is 7.01. The molecule has 1 aromatic rings. The first-order valence-corrected chi connectivity index (χ1v) is 7.53. The lowest BCUT2D eigenvalue weighted by Gasteiger charge is -2.31. The van der Waals surface area contributed by atoms with Crippen LogP contribution in [0.1, 0.15) is 37.9 Å². The molecule has 0 amide bonds. The Bertz CT molecular complexity index is 366. The van der Waals surface area contributed by atoms with Crippen molar-refractivity contribution in [1.82, 2.24) is 15.2 Å². The van der Waals surface area contributed by atoms with E-state index in [1.54, 1.807) is 0 Å². The summed E-state index contributed by atoms with van der Waals surface area (Å²) < 4.78 is 0. The number of aromatic nitrogens is 1. The van der Waals surface area contributed by atoms with E-state index < -0.39 is 0 Å². The van der Waals surface area contributed by atoms with Crippen LogP contribution < -0.4 is 5.32 Å². The van der Waals surface area contributed by atoms with Crippen molar-refractivity contribution in [2.75, 3.05) is 19.6 Å². The standard InChI is InChI=1S/C16H27N3/c1-13(2)16(19-8-4-5-9-19)12-17-11-15-7-6-14(3)10-18-15/h6-7,10,13,16-17H,4-5,8-9,11-12H2,1-3H3. The van der Waals surface area contributed by atoms with Crippen molar-refractivity contribution in [1.29, 1.82) is 0 Å². The van der Waals surface area contributed by atoms with E-state index >= 15 is 0 Å². The molecule has 106 valence electrons. The number of nitrogens with one attached hydrogen (secondary N) is 1. The minimum Gasteiger partial charge on any atom is -0.310 e. The Hall–Kier alpha value is -0.930. The molecule has 0 aliphatic carbocycles. The summed E-state index contributed by atoms with van der Waals surface area (Å²) in [7, 11) is 0. The number of hydrogen-bond donors (Lipinski definition) is 1. The van der Waals surface area contributed by atoms with Gasteiger partial charge in [-0.25, -0.2) is 0 Å². The van der Waals surface area contributed by atoms with Crippen LogP contribution in [-0.4, -0.2) is 35.6 Å². The van der Waals surface area contributed by atoms with Crippen molar-refractivity contribution in [3.05, 3.63) is 29.6 Å². The molecule has 2 rings (SSSR count). The van der Waals surface area contributed by atoms with E-state index in [0.29, 0.717) is 12.0 Å². The van der Waals surface area contributed by atoms with Gasteiger partial charge in [-0.2, -0.15) is 0 Å². The van der Waals surface area contributed by atoms with Gasteiger partial charge in [0.1, 0.15) is 0 Å². The molecule has 0 radical (unpaired) electrons. The number of aryl methyl sites for hydroxylation is 1. The third-order valence-electron chi connectivity index (χ3n) is 4.01. The second-order valence-electron chi connectivity index (χ2n) is 6.01. The van der Waals surface area contributed by atoms with Gasteiger partial charge < -0.3 is 5.32 Å². The molecule has 0 saturated carbocycles. The minimum absolute atomic E-state index is 0.660. The van der Waals surface area contributed by atoms with Crippen LogP contribution in [0, 0.1) is 12.8 Å². The normalized spacial score (nSPS) is 18.1. The monoisotopic (exact) mass is 261 g/mol. The Morgan fingerprint density at radius 2 is 2.00 bits per heavy atom. The summed E-state index contributed by atoms with van der Waals surface area (Å²) in [6.45, 7) is 11.2. The van der Waals surface area contributed by atoms with Gasteiger partial charge in [0.15, 0.2) is 0 Å². The van der Waals surface area contributed by atoms with Gasteiger partial charge in [0, 0.05) is 25.3 Å². The Morgan fingerprint density at radius 3 is 2.58 bits per heavy atom. The highest BCUT2D eigenvalue weighted by atomic mass is 15.2. The molecule has 1 unspecified atom stereocenters. The topological polar surface area (TPSA) is 28.2 Å². The average Bonchev–Trinajstić information content (AvgIpc) is 2.90. The van der Waals surface area contributed by atoms with E-state index in [0.717, 1.165) is 18.8 Å². The molecule has 19 heavy (non-hydrogen) atoms. The highest BCUT2D eigenvalue weighted by molar-refractivity contribution is 5.11. The minimum atomic E-state index is 0.660. The molecular weight excluding hydrogens is 234 g/mol. The molecule has 2 heterocycles. The van der Waals surface area contributed by atoms with Crippen LogP contribution in [0.5, 0.6) is 0 Å². The number of likely N-dealkylation sites (tertiary alicyclic amines) is 1. The molecule has 1 N–H and O–H groups in total. The fourth-order valence-electron chi connectivity index (χ4n) is 2.81. The zero-order valence-electron chi connectivity index (χ0n) is 12.5. The quantitative estimate of drug-likeness (QED) is 0.853. The van der Waals surface area contributed by atoms with Crippen molar-refractivity contribution in [3.8, 4) is 0 Å². The number of hydrogen-bond acceptors (Lipinski definition) is 3.